The molecule has 134 valence electrons. The van der Waals surface area contributed by atoms with Gasteiger partial charge in [0.2, 0.25) is 0 Å². The van der Waals surface area contributed by atoms with Crippen LogP contribution in [0.3, 0.4) is 0 Å². The summed E-state index contributed by atoms with van der Waals surface area (Å²) in [6.07, 6.45) is 2.55. The Balaban J connectivity index is 1.63. The third-order valence-electron chi connectivity index (χ3n) is 3.75. The normalized spacial score (nSPS) is 10.5. The van der Waals surface area contributed by atoms with Gasteiger partial charge in [-0.3, -0.25) is 4.79 Å². The van der Waals surface area contributed by atoms with Crippen molar-refractivity contribution < 1.29 is 18.7 Å². The van der Waals surface area contributed by atoms with E-state index in [9.17, 15) is 4.79 Å². The van der Waals surface area contributed by atoms with E-state index in [0.29, 0.717) is 34.2 Å². The lowest BCUT2D eigenvalue weighted by Crippen LogP contribution is -2.20. The molecular formula is C20H20N2O4. The molecule has 0 saturated carbocycles. The lowest BCUT2D eigenvalue weighted by Gasteiger charge is -2.12. The Morgan fingerprint density at radius 3 is 2.88 bits per heavy atom. The van der Waals surface area contributed by atoms with Gasteiger partial charge in [0, 0.05) is 12.6 Å². The molecular weight excluding hydrogens is 332 g/mol. The van der Waals surface area contributed by atoms with Gasteiger partial charge >= 0.3 is 0 Å². The van der Waals surface area contributed by atoms with Crippen molar-refractivity contribution in [1.82, 2.24) is 4.98 Å². The molecule has 1 heterocycles. The molecule has 26 heavy (non-hydrogen) atoms. The monoisotopic (exact) mass is 352 g/mol. The summed E-state index contributed by atoms with van der Waals surface area (Å²) in [5.41, 5.74) is 3.07. The number of amides is 1. The quantitative estimate of drug-likeness (QED) is 0.653. The molecule has 0 saturated heterocycles. The van der Waals surface area contributed by atoms with Crippen molar-refractivity contribution in [3.63, 3.8) is 0 Å². The van der Waals surface area contributed by atoms with Gasteiger partial charge in [-0.15, -0.1) is 6.58 Å². The Morgan fingerprint density at radius 2 is 2.12 bits per heavy atom. The third-order valence-corrected chi connectivity index (χ3v) is 3.75. The minimum atomic E-state index is -0.276. The molecule has 1 amide bonds. The molecule has 0 fully saturated rings. The van der Waals surface area contributed by atoms with Crippen molar-refractivity contribution in [3.05, 3.63) is 60.5 Å². The smallest absolute Gasteiger partial charge is 0.262 e. The number of nitrogens with one attached hydrogen (secondary N) is 1. The molecule has 1 aromatic heterocycles. The lowest BCUT2D eigenvalue weighted by molar-refractivity contribution is -0.118. The molecule has 0 bridgehead atoms. The minimum absolute atomic E-state index is 0.132. The third kappa shape index (κ3) is 4.03. The Hall–Kier alpha value is -3.28. The first kappa shape index (κ1) is 17.5. The number of oxazole rings is 1. The van der Waals surface area contributed by atoms with Crippen molar-refractivity contribution in [2.45, 2.75) is 13.3 Å². The van der Waals surface area contributed by atoms with Crippen molar-refractivity contribution in [2.24, 2.45) is 0 Å². The highest BCUT2D eigenvalue weighted by Gasteiger charge is 2.10. The number of aromatic nitrogens is 1. The Bertz CT molecular complexity index is 946. The predicted molar refractivity (Wildman–Crippen MR) is 99.8 cm³/mol. The zero-order valence-corrected chi connectivity index (χ0v) is 14.7. The summed E-state index contributed by atoms with van der Waals surface area (Å²) in [6.45, 7) is 5.36. The topological polar surface area (TPSA) is 73.6 Å². The van der Waals surface area contributed by atoms with Crippen molar-refractivity contribution in [1.29, 1.82) is 0 Å². The summed E-state index contributed by atoms with van der Waals surface area (Å²) >= 11 is 0. The van der Waals surface area contributed by atoms with E-state index in [4.69, 9.17) is 13.9 Å². The van der Waals surface area contributed by atoms with Gasteiger partial charge in [0.05, 0.1) is 7.11 Å². The second-order valence-corrected chi connectivity index (χ2v) is 5.73. The number of hydrogen-bond acceptors (Lipinski definition) is 5. The number of methoxy groups -OCH3 is 1. The van der Waals surface area contributed by atoms with E-state index in [1.807, 2.05) is 18.2 Å². The van der Waals surface area contributed by atoms with Crippen LogP contribution in [-0.2, 0) is 11.2 Å². The number of fused-ring (bicyclic) bond motifs is 1. The van der Waals surface area contributed by atoms with Crippen LogP contribution < -0.4 is 14.8 Å². The lowest BCUT2D eigenvalue weighted by atomic mass is 10.1. The number of allylic oxidation sites excluding steroid dienone is 1. The van der Waals surface area contributed by atoms with E-state index >= 15 is 0 Å². The zero-order valence-electron chi connectivity index (χ0n) is 14.7. The summed E-state index contributed by atoms with van der Waals surface area (Å²) in [5.74, 6) is 1.40. The highest BCUT2D eigenvalue weighted by atomic mass is 16.5. The molecule has 6 nitrogen and oxygen atoms in total. The van der Waals surface area contributed by atoms with E-state index < -0.39 is 0 Å². The van der Waals surface area contributed by atoms with Crippen LogP contribution in [0.1, 0.15) is 11.5 Å². The number of hydrogen-bond donors (Lipinski definition) is 1. The highest BCUT2D eigenvalue weighted by Crippen LogP contribution is 2.28. The molecule has 0 radical (unpaired) electrons. The van der Waals surface area contributed by atoms with Crippen LogP contribution in [0.2, 0.25) is 0 Å². The van der Waals surface area contributed by atoms with Gasteiger partial charge in [-0.2, -0.15) is 0 Å². The minimum Gasteiger partial charge on any atom is -0.493 e. The van der Waals surface area contributed by atoms with Gasteiger partial charge in [-0.05, 0) is 42.3 Å². The number of anilines is 1. The standard InChI is InChI=1S/C20H20N2O4/c1-4-5-14-6-8-18(19(10-14)24-3)25-12-20(23)22-15-7-9-17-16(11-15)21-13(2)26-17/h4,6-11H,1,5,12H2,2-3H3,(H,22,23). The average Bonchev–Trinajstić information content (AvgIpc) is 3.00. The number of benzene rings is 2. The van der Waals surface area contributed by atoms with Crippen molar-refractivity contribution >= 4 is 22.7 Å². The first-order chi connectivity index (χ1) is 12.6. The molecule has 0 unspecified atom stereocenters. The molecule has 6 heteroatoms. The van der Waals surface area contributed by atoms with Crippen LogP contribution in [0.15, 0.2) is 53.5 Å². The molecule has 0 aliphatic carbocycles. The van der Waals surface area contributed by atoms with E-state index in [1.165, 1.54) is 0 Å². The Labute approximate surface area is 151 Å². The molecule has 3 rings (SSSR count). The van der Waals surface area contributed by atoms with Crippen molar-refractivity contribution in [2.75, 3.05) is 19.0 Å². The summed E-state index contributed by atoms with van der Waals surface area (Å²) in [6, 6.07) is 10.9. The molecule has 1 N–H and O–H groups in total. The highest BCUT2D eigenvalue weighted by molar-refractivity contribution is 5.93. The second kappa shape index (κ2) is 7.74. The van der Waals surface area contributed by atoms with Gasteiger partial charge in [0.25, 0.3) is 5.91 Å². The fourth-order valence-corrected chi connectivity index (χ4v) is 2.59. The van der Waals surface area contributed by atoms with Crippen LogP contribution >= 0.6 is 0 Å². The average molecular weight is 352 g/mol. The van der Waals surface area contributed by atoms with E-state index in [1.54, 1.807) is 38.3 Å². The summed E-state index contributed by atoms with van der Waals surface area (Å²) in [5, 5.41) is 2.78. The molecule has 0 aliphatic heterocycles. The SMILES string of the molecule is C=CCc1ccc(OCC(=O)Nc2ccc3oc(C)nc3c2)c(OC)c1. The molecule has 0 aliphatic rings. The fourth-order valence-electron chi connectivity index (χ4n) is 2.59. The number of carbonyl (C=O) groups is 1. The molecule has 0 atom stereocenters. The maximum absolute atomic E-state index is 12.2. The fraction of sp³-hybridized carbons (Fsp3) is 0.200. The first-order valence-electron chi connectivity index (χ1n) is 8.16. The molecule has 0 spiro atoms. The zero-order chi connectivity index (χ0) is 18.5. The summed E-state index contributed by atoms with van der Waals surface area (Å²) in [7, 11) is 1.56. The van der Waals surface area contributed by atoms with Gasteiger partial charge in [0.15, 0.2) is 29.6 Å². The Kier molecular flexibility index (Phi) is 5.22. The van der Waals surface area contributed by atoms with Crippen LogP contribution in [0.4, 0.5) is 5.69 Å². The number of nitrogens with zero attached hydrogens (tertiary/aromatic N) is 1. The van der Waals surface area contributed by atoms with Gasteiger partial charge in [-0.25, -0.2) is 4.98 Å². The van der Waals surface area contributed by atoms with Crippen LogP contribution in [0, 0.1) is 6.92 Å². The largest absolute Gasteiger partial charge is 0.493 e. The van der Waals surface area contributed by atoms with Gasteiger partial charge in [0.1, 0.15) is 5.52 Å². The van der Waals surface area contributed by atoms with E-state index in [0.717, 1.165) is 12.0 Å². The predicted octanol–water partition coefficient (Wildman–Crippen LogP) is 3.89. The van der Waals surface area contributed by atoms with E-state index in [-0.39, 0.29) is 12.5 Å². The number of carbonyl (C=O) groups excluding carboxylic acids is 1. The molecule has 3 aromatic rings. The van der Waals surface area contributed by atoms with Crippen LogP contribution in [0.25, 0.3) is 11.1 Å². The number of ether oxygens (including phenoxy) is 2. The molecule has 2 aromatic carbocycles. The second-order valence-electron chi connectivity index (χ2n) is 5.73. The van der Waals surface area contributed by atoms with Crippen LogP contribution in [-0.4, -0.2) is 24.6 Å². The van der Waals surface area contributed by atoms with Gasteiger partial charge in [-0.1, -0.05) is 12.1 Å². The van der Waals surface area contributed by atoms with Crippen molar-refractivity contribution in [3.8, 4) is 11.5 Å². The number of aryl methyl sites for hydroxylation is 1. The van der Waals surface area contributed by atoms with E-state index in [2.05, 4.69) is 16.9 Å². The summed E-state index contributed by atoms with van der Waals surface area (Å²) in [4.78, 5) is 16.4. The maximum Gasteiger partial charge on any atom is 0.262 e. The Morgan fingerprint density at radius 1 is 1.27 bits per heavy atom. The van der Waals surface area contributed by atoms with Crippen LogP contribution in [0.5, 0.6) is 11.5 Å². The first-order valence-corrected chi connectivity index (χ1v) is 8.16. The van der Waals surface area contributed by atoms with Gasteiger partial charge < -0.3 is 19.2 Å². The summed E-state index contributed by atoms with van der Waals surface area (Å²) < 4.78 is 16.3. The number of rotatable bonds is 7. The maximum atomic E-state index is 12.2.